The summed E-state index contributed by atoms with van der Waals surface area (Å²) >= 11 is 5.88. The molecule has 1 fully saturated rings. The predicted molar refractivity (Wildman–Crippen MR) is 78.6 cm³/mol. The number of halogens is 2. The summed E-state index contributed by atoms with van der Waals surface area (Å²) in [6.07, 6.45) is -0.729. The van der Waals surface area contributed by atoms with Gasteiger partial charge in [-0.15, -0.1) is 0 Å². The van der Waals surface area contributed by atoms with Crippen LogP contribution in [0.4, 0.5) is 4.39 Å². The van der Waals surface area contributed by atoms with E-state index >= 15 is 0 Å². The number of carbonyl (C=O) groups excluding carboxylic acids is 1. The molecule has 1 heterocycles. The highest BCUT2D eigenvalue weighted by Crippen LogP contribution is 2.25. The van der Waals surface area contributed by atoms with Crippen molar-refractivity contribution >= 4 is 17.5 Å². The van der Waals surface area contributed by atoms with Gasteiger partial charge in [0.05, 0.1) is 11.1 Å². The van der Waals surface area contributed by atoms with Crippen LogP contribution in [0.2, 0.25) is 5.02 Å². The second-order valence-electron chi connectivity index (χ2n) is 5.24. The Balaban J connectivity index is 1.96. The molecule has 1 aliphatic heterocycles. The van der Waals surface area contributed by atoms with E-state index in [2.05, 4.69) is 16.2 Å². The molecule has 1 aliphatic rings. The lowest BCUT2D eigenvalue weighted by molar-refractivity contribution is -0.128. The van der Waals surface area contributed by atoms with Crippen LogP contribution in [-0.4, -0.2) is 30.1 Å². The first-order valence-corrected chi connectivity index (χ1v) is 7.19. The van der Waals surface area contributed by atoms with Crippen molar-refractivity contribution in [2.75, 3.05) is 0 Å². The van der Waals surface area contributed by atoms with E-state index in [1.165, 1.54) is 12.1 Å². The maximum Gasteiger partial charge on any atom is 0.261 e. The van der Waals surface area contributed by atoms with Gasteiger partial charge in [0.15, 0.2) is 6.10 Å². The van der Waals surface area contributed by atoms with E-state index in [0.717, 1.165) is 6.07 Å². The fourth-order valence-electron chi connectivity index (χ4n) is 2.22. The summed E-state index contributed by atoms with van der Waals surface area (Å²) in [5.74, 6) is -0.413. The summed E-state index contributed by atoms with van der Waals surface area (Å²) in [5.41, 5.74) is 6.12. The number of hydrogen-bond donors (Lipinski definition) is 3. The fourth-order valence-corrected chi connectivity index (χ4v) is 2.43. The molecule has 3 unspecified atom stereocenters. The Kier molecular flexibility index (Phi) is 5.03. The Hall–Kier alpha value is -1.37. The molecule has 2 rings (SSSR count). The number of hydrogen-bond acceptors (Lipinski definition) is 4. The van der Waals surface area contributed by atoms with Crippen molar-refractivity contribution in [2.24, 2.45) is 0 Å². The molecule has 0 aliphatic carbocycles. The standard InChI is InChI=1S/C14H19ClFN3O2/c1-7-13(8(2)19-18-7)17-14(20)9(3)21-12-5-4-10(16)6-11(12)15/h4-9,13,18-19H,1-3H3,(H,17,20). The number of rotatable bonds is 4. The van der Waals surface area contributed by atoms with Crippen molar-refractivity contribution in [2.45, 2.75) is 45.0 Å². The number of ether oxygens (including phenoxy) is 1. The Morgan fingerprint density at radius 2 is 2.00 bits per heavy atom. The molecule has 116 valence electrons. The van der Waals surface area contributed by atoms with Gasteiger partial charge in [0.2, 0.25) is 0 Å². The first-order chi connectivity index (χ1) is 9.88. The van der Waals surface area contributed by atoms with Crippen LogP contribution in [0, 0.1) is 5.82 Å². The Morgan fingerprint density at radius 1 is 1.38 bits per heavy atom. The van der Waals surface area contributed by atoms with E-state index in [9.17, 15) is 9.18 Å². The summed E-state index contributed by atoms with van der Waals surface area (Å²) < 4.78 is 18.5. The lowest BCUT2D eigenvalue weighted by Crippen LogP contribution is -2.50. The van der Waals surface area contributed by atoms with Gasteiger partial charge in [0, 0.05) is 12.1 Å². The van der Waals surface area contributed by atoms with Crippen molar-refractivity contribution < 1.29 is 13.9 Å². The Bertz CT molecular complexity index is 519. The van der Waals surface area contributed by atoms with Crippen molar-refractivity contribution in [3.8, 4) is 5.75 Å². The van der Waals surface area contributed by atoms with E-state index in [4.69, 9.17) is 16.3 Å². The number of benzene rings is 1. The fraction of sp³-hybridized carbons (Fsp3) is 0.500. The van der Waals surface area contributed by atoms with Crippen molar-refractivity contribution in [3.05, 3.63) is 29.0 Å². The highest BCUT2D eigenvalue weighted by atomic mass is 35.5. The minimum atomic E-state index is -0.729. The third-order valence-electron chi connectivity index (χ3n) is 3.49. The van der Waals surface area contributed by atoms with E-state index in [0.29, 0.717) is 0 Å². The lowest BCUT2D eigenvalue weighted by Gasteiger charge is -2.22. The Labute approximate surface area is 128 Å². The number of amides is 1. The quantitative estimate of drug-likeness (QED) is 0.790. The molecule has 1 aromatic carbocycles. The molecule has 0 spiro atoms. The van der Waals surface area contributed by atoms with Gasteiger partial charge < -0.3 is 10.1 Å². The summed E-state index contributed by atoms with van der Waals surface area (Å²) in [4.78, 5) is 12.2. The Morgan fingerprint density at radius 3 is 2.57 bits per heavy atom. The van der Waals surface area contributed by atoms with Gasteiger partial charge in [-0.2, -0.15) is 0 Å². The first kappa shape index (κ1) is 16.0. The minimum absolute atomic E-state index is 0.0350. The molecule has 1 saturated heterocycles. The van der Waals surface area contributed by atoms with Crippen molar-refractivity contribution in [3.63, 3.8) is 0 Å². The summed E-state index contributed by atoms with van der Waals surface area (Å²) in [6, 6.07) is 3.99. The molecule has 0 saturated carbocycles. The highest BCUT2D eigenvalue weighted by Gasteiger charge is 2.32. The smallest absolute Gasteiger partial charge is 0.261 e. The molecule has 3 atom stereocenters. The number of hydrazine groups is 1. The maximum absolute atomic E-state index is 13.0. The van der Waals surface area contributed by atoms with Gasteiger partial charge in [-0.3, -0.25) is 15.6 Å². The first-order valence-electron chi connectivity index (χ1n) is 6.81. The average molecular weight is 316 g/mol. The third kappa shape index (κ3) is 3.84. The van der Waals surface area contributed by atoms with Gasteiger partial charge in [0.25, 0.3) is 5.91 Å². The van der Waals surface area contributed by atoms with Gasteiger partial charge in [-0.05, 0) is 39.0 Å². The SMILES string of the molecule is CC(Oc1ccc(F)cc1Cl)C(=O)NC1C(C)NNC1C. The van der Waals surface area contributed by atoms with Crippen molar-refractivity contribution in [1.82, 2.24) is 16.2 Å². The monoisotopic (exact) mass is 315 g/mol. The zero-order chi connectivity index (χ0) is 15.6. The van der Waals surface area contributed by atoms with Crippen molar-refractivity contribution in [1.29, 1.82) is 0 Å². The number of nitrogens with one attached hydrogen (secondary N) is 3. The van der Waals surface area contributed by atoms with Gasteiger partial charge in [-0.25, -0.2) is 4.39 Å². The molecule has 0 bridgehead atoms. The summed E-state index contributed by atoms with van der Waals surface area (Å²) in [5, 5.41) is 3.06. The molecular weight excluding hydrogens is 297 g/mol. The van der Waals surface area contributed by atoms with E-state index < -0.39 is 11.9 Å². The van der Waals surface area contributed by atoms with Crippen LogP contribution >= 0.6 is 11.6 Å². The zero-order valence-electron chi connectivity index (χ0n) is 12.1. The topological polar surface area (TPSA) is 62.4 Å². The zero-order valence-corrected chi connectivity index (χ0v) is 12.9. The van der Waals surface area contributed by atoms with Crippen LogP contribution in [0.1, 0.15) is 20.8 Å². The molecule has 5 nitrogen and oxygen atoms in total. The van der Waals surface area contributed by atoms with Gasteiger partial charge in [-0.1, -0.05) is 11.6 Å². The van der Waals surface area contributed by atoms with Crippen LogP contribution in [0.3, 0.4) is 0 Å². The van der Waals surface area contributed by atoms with Crippen LogP contribution in [0.15, 0.2) is 18.2 Å². The molecule has 3 N–H and O–H groups in total. The molecule has 7 heteroatoms. The lowest BCUT2D eigenvalue weighted by atomic mass is 10.1. The van der Waals surface area contributed by atoms with Gasteiger partial charge >= 0.3 is 0 Å². The summed E-state index contributed by atoms with van der Waals surface area (Å²) in [6.45, 7) is 5.58. The second kappa shape index (κ2) is 6.60. The highest BCUT2D eigenvalue weighted by molar-refractivity contribution is 6.32. The molecule has 21 heavy (non-hydrogen) atoms. The number of carbonyl (C=O) groups is 1. The van der Waals surface area contributed by atoms with E-state index in [1.807, 2.05) is 13.8 Å². The average Bonchev–Trinajstić information content (AvgIpc) is 2.73. The van der Waals surface area contributed by atoms with Gasteiger partial charge in [0.1, 0.15) is 11.6 Å². The normalized spacial score (nSPS) is 26.4. The molecule has 1 aromatic rings. The third-order valence-corrected chi connectivity index (χ3v) is 3.79. The van der Waals surface area contributed by atoms with Crippen LogP contribution in [-0.2, 0) is 4.79 Å². The summed E-state index contributed by atoms with van der Waals surface area (Å²) in [7, 11) is 0. The molecular formula is C14H19ClFN3O2. The van der Waals surface area contributed by atoms with E-state index in [1.54, 1.807) is 6.92 Å². The molecule has 0 radical (unpaired) electrons. The molecule has 0 aromatic heterocycles. The van der Waals surface area contributed by atoms with Crippen LogP contribution < -0.4 is 20.9 Å². The predicted octanol–water partition coefficient (Wildman–Crippen LogP) is 1.62. The second-order valence-corrected chi connectivity index (χ2v) is 5.64. The molecule has 1 amide bonds. The van der Waals surface area contributed by atoms with E-state index in [-0.39, 0.29) is 34.8 Å². The van der Waals surface area contributed by atoms with Crippen LogP contribution in [0.5, 0.6) is 5.75 Å². The van der Waals surface area contributed by atoms with Crippen LogP contribution in [0.25, 0.3) is 0 Å². The maximum atomic E-state index is 13.0. The largest absolute Gasteiger partial charge is 0.479 e. The minimum Gasteiger partial charge on any atom is -0.479 e.